The van der Waals surface area contributed by atoms with Crippen molar-refractivity contribution in [2.24, 2.45) is 0 Å². The molecule has 116 valence electrons. The number of benzene rings is 1. The van der Waals surface area contributed by atoms with Crippen molar-refractivity contribution in [3.8, 4) is 0 Å². The van der Waals surface area contributed by atoms with Crippen molar-refractivity contribution in [3.63, 3.8) is 0 Å². The molecule has 0 atom stereocenters. The number of carbonyl (C=O) groups is 2. The third-order valence-electron chi connectivity index (χ3n) is 2.65. The second-order valence-electron chi connectivity index (χ2n) is 4.28. The number of carbonyl (C=O) groups excluding carboxylic acids is 2. The van der Waals surface area contributed by atoms with E-state index >= 15 is 0 Å². The molecule has 1 heterocycles. The quantitative estimate of drug-likeness (QED) is 0.912. The van der Waals surface area contributed by atoms with Crippen molar-refractivity contribution in [2.75, 3.05) is 11.9 Å². The highest BCUT2D eigenvalue weighted by atomic mass is 19.4. The van der Waals surface area contributed by atoms with Gasteiger partial charge in [-0.25, -0.2) is 0 Å². The first-order valence-electron chi connectivity index (χ1n) is 6.15. The summed E-state index contributed by atoms with van der Waals surface area (Å²) < 4.78 is 42.0. The molecule has 0 spiro atoms. The van der Waals surface area contributed by atoms with Gasteiger partial charge in [-0.2, -0.15) is 13.2 Å². The van der Waals surface area contributed by atoms with E-state index in [1.165, 1.54) is 18.4 Å². The van der Waals surface area contributed by atoms with Gasteiger partial charge in [0.2, 0.25) is 5.91 Å². The molecule has 8 heteroatoms. The minimum atomic E-state index is -4.43. The highest BCUT2D eigenvalue weighted by Crippen LogP contribution is 2.29. The lowest BCUT2D eigenvalue weighted by atomic mass is 10.2. The Labute approximate surface area is 123 Å². The van der Waals surface area contributed by atoms with Crippen LogP contribution in [-0.2, 0) is 11.0 Å². The van der Waals surface area contributed by atoms with Gasteiger partial charge in [0, 0.05) is 5.69 Å². The Bertz CT molecular complexity index is 649. The number of anilines is 1. The van der Waals surface area contributed by atoms with Gasteiger partial charge >= 0.3 is 6.18 Å². The average molecular weight is 312 g/mol. The van der Waals surface area contributed by atoms with Crippen LogP contribution in [0.25, 0.3) is 0 Å². The zero-order valence-corrected chi connectivity index (χ0v) is 11.1. The number of hydrogen-bond donors (Lipinski definition) is 2. The van der Waals surface area contributed by atoms with Crippen LogP contribution in [-0.4, -0.2) is 18.4 Å². The Morgan fingerprint density at radius 1 is 1.09 bits per heavy atom. The topological polar surface area (TPSA) is 71.3 Å². The normalized spacial score (nSPS) is 11.0. The van der Waals surface area contributed by atoms with E-state index in [0.29, 0.717) is 0 Å². The Morgan fingerprint density at radius 3 is 2.32 bits per heavy atom. The van der Waals surface area contributed by atoms with Gasteiger partial charge in [-0.3, -0.25) is 9.59 Å². The maximum absolute atomic E-state index is 12.4. The van der Waals surface area contributed by atoms with E-state index < -0.39 is 23.6 Å². The summed E-state index contributed by atoms with van der Waals surface area (Å²) in [6, 6.07) is 6.94. The molecule has 5 nitrogen and oxygen atoms in total. The van der Waals surface area contributed by atoms with E-state index in [1.807, 2.05) is 0 Å². The fourth-order valence-corrected chi connectivity index (χ4v) is 1.60. The summed E-state index contributed by atoms with van der Waals surface area (Å²) in [5.41, 5.74) is -0.609. The smallest absolute Gasteiger partial charge is 0.416 e. The zero-order valence-electron chi connectivity index (χ0n) is 11.1. The molecule has 2 rings (SSSR count). The molecule has 0 fully saturated rings. The maximum atomic E-state index is 12.4. The van der Waals surface area contributed by atoms with E-state index in [-0.39, 0.29) is 18.0 Å². The molecular weight excluding hydrogens is 301 g/mol. The highest BCUT2D eigenvalue weighted by Gasteiger charge is 2.29. The molecule has 2 aromatic rings. The largest absolute Gasteiger partial charge is 0.459 e. The van der Waals surface area contributed by atoms with Crippen LogP contribution >= 0.6 is 0 Å². The Balaban J connectivity index is 1.86. The van der Waals surface area contributed by atoms with Crippen molar-refractivity contribution in [1.29, 1.82) is 0 Å². The van der Waals surface area contributed by atoms with E-state index in [0.717, 1.165) is 24.3 Å². The third kappa shape index (κ3) is 4.11. The van der Waals surface area contributed by atoms with Gasteiger partial charge in [0.05, 0.1) is 18.4 Å². The summed E-state index contributed by atoms with van der Waals surface area (Å²) >= 11 is 0. The molecule has 2 N–H and O–H groups in total. The van der Waals surface area contributed by atoms with Crippen LogP contribution in [0.2, 0.25) is 0 Å². The van der Waals surface area contributed by atoms with E-state index in [4.69, 9.17) is 4.42 Å². The predicted molar refractivity (Wildman–Crippen MR) is 71.1 cm³/mol. The van der Waals surface area contributed by atoms with Gasteiger partial charge in [0.15, 0.2) is 5.76 Å². The average Bonchev–Trinajstić information content (AvgIpc) is 2.98. The van der Waals surface area contributed by atoms with Gasteiger partial charge in [-0.15, -0.1) is 0 Å². The molecule has 2 amide bonds. The minimum Gasteiger partial charge on any atom is -0.459 e. The second-order valence-corrected chi connectivity index (χ2v) is 4.28. The highest BCUT2D eigenvalue weighted by molar-refractivity contribution is 5.97. The van der Waals surface area contributed by atoms with Gasteiger partial charge < -0.3 is 15.1 Å². The minimum absolute atomic E-state index is 0.0577. The van der Waals surface area contributed by atoms with Gasteiger partial charge in [0.1, 0.15) is 0 Å². The number of hydrogen-bond acceptors (Lipinski definition) is 3. The molecule has 1 aromatic carbocycles. The summed E-state index contributed by atoms with van der Waals surface area (Å²) in [7, 11) is 0. The van der Waals surface area contributed by atoms with Crippen LogP contribution in [0.5, 0.6) is 0 Å². The Hall–Kier alpha value is -2.77. The first-order valence-corrected chi connectivity index (χ1v) is 6.15. The second kappa shape index (κ2) is 6.33. The van der Waals surface area contributed by atoms with Crippen molar-refractivity contribution in [2.45, 2.75) is 6.18 Å². The molecule has 0 bridgehead atoms. The lowest BCUT2D eigenvalue weighted by Gasteiger charge is -2.09. The summed E-state index contributed by atoms with van der Waals surface area (Å²) in [5, 5.41) is 4.69. The van der Waals surface area contributed by atoms with Crippen LogP contribution in [0.4, 0.5) is 18.9 Å². The van der Waals surface area contributed by atoms with E-state index in [2.05, 4.69) is 10.6 Å². The summed E-state index contributed by atoms with van der Waals surface area (Å²) in [6.07, 6.45) is -3.11. The first-order chi connectivity index (χ1) is 10.4. The van der Waals surface area contributed by atoms with E-state index in [1.54, 1.807) is 0 Å². The lowest BCUT2D eigenvalue weighted by molar-refractivity contribution is -0.137. The van der Waals surface area contributed by atoms with Crippen LogP contribution in [0.1, 0.15) is 16.1 Å². The maximum Gasteiger partial charge on any atom is 0.416 e. The van der Waals surface area contributed by atoms with Crippen molar-refractivity contribution in [1.82, 2.24) is 5.32 Å². The molecule has 0 saturated heterocycles. The number of alkyl halides is 3. The Kier molecular flexibility index (Phi) is 4.50. The molecular formula is C14H11F3N2O3. The number of nitrogens with one attached hydrogen (secondary N) is 2. The molecule has 0 aliphatic carbocycles. The fraction of sp³-hybridized carbons (Fsp3) is 0.143. The number of amides is 2. The van der Waals surface area contributed by atoms with Gasteiger partial charge in [-0.05, 0) is 36.4 Å². The van der Waals surface area contributed by atoms with Gasteiger partial charge in [-0.1, -0.05) is 0 Å². The monoisotopic (exact) mass is 312 g/mol. The van der Waals surface area contributed by atoms with Crippen LogP contribution in [0.15, 0.2) is 47.1 Å². The Morgan fingerprint density at radius 2 is 1.77 bits per heavy atom. The van der Waals surface area contributed by atoms with Crippen LogP contribution in [0.3, 0.4) is 0 Å². The van der Waals surface area contributed by atoms with Crippen molar-refractivity contribution in [3.05, 3.63) is 54.0 Å². The molecule has 0 aliphatic rings. The molecule has 0 radical (unpaired) electrons. The predicted octanol–water partition coefficient (Wildman–Crippen LogP) is 2.67. The van der Waals surface area contributed by atoms with Crippen molar-refractivity contribution >= 4 is 17.5 Å². The summed E-state index contributed by atoms with van der Waals surface area (Å²) in [6.45, 7) is -0.333. The summed E-state index contributed by atoms with van der Waals surface area (Å²) in [5.74, 6) is -1.07. The fourth-order valence-electron chi connectivity index (χ4n) is 1.60. The molecule has 1 aromatic heterocycles. The lowest BCUT2D eigenvalue weighted by Crippen LogP contribution is -2.32. The number of furan rings is 1. The SMILES string of the molecule is O=C(CNC(=O)c1ccco1)Nc1ccc(C(F)(F)F)cc1. The zero-order chi connectivity index (χ0) is 16.2. The molecule has 0 unspecified atom stereocenters. The third-order valence-corrected chi connectivity index (χ3v) is 2.65. The van der Waals surface area contributed by atoms with Crippen LogP contribution in [0, 0.1) is 0 Å². The number of rotatable bonds is 4. The first kappa shape index (κ1) is 15.6. The molecule has 22 heavy (non-hydrogen) atoms. The van der Waals surface area contributed by atoms with Crippen LogP contribution < -0.4 is 10.6 Å². The standard InChI is InChI=1S/C14H11F3N2O3/c15-14(16,17)9-3-5-10(6-4-9)19-12(20)8-18-13(21)11-2-1-7-22-11/h1-7H,8H2,(H,18,21)(H,19,20). The molecule has 0 saturated carbocycles. The summed E-state index contributed by atoms with van der Waals surface area (Å²) in [4.78, 5) is 23.1. The van der Waals surface area contributed by atoms with E-state index in [9.17, 15) is 22.8 Å². The van der Waals surface area contributed by atoms with Gasteiger partial charge in [0.25, 0.3) is 5.91 Å². The number of halogens is 3. The van der Waals surface area contributed by atoms with Crippen molar-refractivity contribution < 1.29 is 27.2 Å². The molecule has 0 aliphatic heterocycles.